The molecule has 0 aliphatic heterocycles. The van der Waals surface area contributed by atoms with Crippen LogP contribution >= 0.6 is 34.5 Å². The van der Waals surface area contributed by atoms with Crippen LogP contribution in [-0.2, 0) is 4.79 Å². The van der Waals surface area contributed by atoms with E-state index in [4.69, 9.17) is 33.8 Å². The smallest absolute Gasteiger partial charge is 0.262 e. The van der Waals surface area contributed by atoms with Gasteiger partial charge in [-0.3, -0.25) is 10.2 Å². The zero-order chi connectivity index (χ0) is 18.8. The maximum atomic E-state index is 12.2. The highest BCUT2D eigenvalue weighted by atomic mass is 35.5. The van der Waals surface area contributed by atoms with Crippen molar-refractivity contribution >= 4 is 61.5 Å². The van der Waals surface area contributed by atoms with Crippen molar-refractivity contribution in [3.8, 4) is 5.75 Å². The molecule has 0 atom stereocenters. The van der Waals surface area contributed by atoms with Crippen molar-refractivity contribution in [3.05, 3.63) is 45.4 Å². The lowest BCUT2D eigenvalue weighted by atomic mass is 10.1. The first kappa shape index (κ1) is 18.7. The van der Waals surface area contributed by atoms with Crippen LogP contribution in [0.2, 0.25) is 10.0 Å². The molecule has 1 heterocycles. The third-order valence-electron chi connectivity index (χ3n) is 3.58. The average Bonchev–Trinajstić information content (AvgIpc) is 2.97. The van der Waals surface area contributed by atoms with Gasteiger partial charge in [0.25, 0.3) is 5.91 Å². The molecule has 0 radical (unpaired) electrons. The highest BCUT2D eigenvalue weighted by Gasteiger charge is 2.12. The molecule has 0 aliphatic rings. The summed E-state index contributed by atoms with van der Waals surface area (Å²) in [6.07, 6.45) is 0. The fourth-order valence-electron chi connectivity index (χ4n) is 2.54. The summed E-state index contributed by atoms with van der Waals surface area (Å²) in [6.45, 7) is 3.66. The van der Waals surface area contributed by atoms with E-state index in [-0.39, 0.29) is 12.5 Å². The molecule has 3 rings (SSSR count). The predicted octanol–water partition coefficient (Wildman–Crippen LogP) is 4.52. The lowest BCUT2D eigenvalue weighted by Crippen LogP contribution is -2.20. The second kappa shape index (κ2) is 7.67. The van der Waals surface area contributed by atoms with E-state index in [0.717, 1.165) is 15.8 Å². The van der Waals surface area contributed by atoms with Crippen LogP contribution in [-0.4, -0.2) is 17.5 Å². The summed E-state index contributed by atoms with van der Waals surface area (Å²) < 4.78 is 6.39. The molecular weight excluding hydrogens is 395 g/mol. The number of nitrogen functional groups attached to an aromatic ring is 1. The number of rotatable bonds is 5. The molecule has 6 nitrogen and oxygen atoms in total. The number of nitrogens with one attached hydrogen (secondary N) is 2. The number of nitrogens with two attached hydrogens (primary N) is 1. The van der Waals surface area contributed by atoms with Crippen LogP contribution in [0.5, 0.6) is 5.75 Å². The molecular formula is C17H16Cl2N4O2S. The quantitative estimate of drug-likeness (QED) is 0.424. The molecule has 26 heavy (non-hydrogen) atoms. The number of thiazole rings is 1. The monoisotopic (exact) mass is 410 g/mol. The van der Waals surface area contributed by atoms with Crippen LogP contribution in [0.3, 0.4) is 0 Å². The molecule has 136 valence electrons. The van der Waals surface area contributed by atoms with Gasteiger partial charge in [-0.15, -0.1) is 0 Å². The number of hydrazine groups is 1. The molecule has 0 saturated carbocycles. The van der Waals surface area contributed by atoms with Gasteiger partial charge >= 0.3 is 0 Å². The minimum Gasteiger partial charge on any atom is -0.482 e. The van der Waals surface area contributed by atoms with Crippen LogP contribution in [0.25, 0.3) is 10.2 Å². The molecule has 0 bridgehead atoms. The first-order valence-corrected chi connectivity index (χ1v) is 9.20. The average molecular weight is 411 g/mol. The molecule has 0 aliphatic carbocycles. The van der Waals surface area contributed by atoms with Crippen LogP contribution in [0.1, 0.15) is 11.1 Å². The predicted molar refractivity (Wildman–Crippen MR) is 107 cm³/mol. The number of fused-ring (bicyclic) bond motifs is 1. The van der Waals surface area contributed by atoms with E-state index in [9.17, 15) is 4.79 Å². The number of anilines is 2. The van der Waals surface area contributed by atoms with Gasteiger partial charge < -0.3 is 10.1 Å². The molecule has 3 aromatic rings. The van der Waals surface area contributed by atoms with Gasteiger partial charge in [0, 0.05) is 5.69 Å². The zero-order valence-electron chi connectivity index (χ0n) is 14.0. The topological polar surface area (TPSA) is 89.3 Å². The summed E-state index contributed by atoms with van der Waals surface area (Å²) in [5.41, 5.74) is 5.57. The fourth-order valence-corrected chi connectivity index (χ4v) is 4.08. The van der Waals surface area contributed by atoms with Gasteiger partial charge in [-0.2, -0.15) is 0 Å². The lowest BCUT2D eigenvalue weighted by Gasteiger charge is -2.12. The summed E-state index contributed by atoms with van der Waals surface area (Å²) in [7, 11) is 0. The van der Waals surface area contributed by atoms with E-state index < -0.39 is 0 Å². The van der Waals surface area contributed by atoms with Crippen molar-refractivity contribution in [1.29, 1.82) is 0 Å². The van der Waals surface area contributed by atoms with Crippen molar-refractivity contribution < 1.29 is 9.53 Å². The number of aryl methyl sites for hydroxylation is 2. The van der Waals surface area contributed by atoms with Crippen molar-refractivity contribution in [2.75, 3.05) is 17.3 Å². The Morgan fingerprint density at radius 2 is 2.00 bits per heavy atom. The first-order chi connectivity index (χ1) is 12.4. The van der Waals surface area contributed by atoms with E-state index in [1.54, 1.807) is 18.2 Å². The number of amides is 1. The molecule has 9 heteroatoms. The number of hydrogen-bond acceptors (Lipinski definition) is 6. The van der Waals surface area contributed by atoms with Crippen LogP contribution in [0.4, 0.5) is 10.8 Å². The third-order valence-corrected chi connectivity index (χ3v) is 5.08. The SMILES string of the molecule is Cc1cc(C)c(OCC(=O)Nc2cc(Cl)c3nc(NN)sc3c2)c(Cl)c1. The number of nitrogens with zero attached hydrogens (tertiary/aromatic N) is 1. The fraction of sp³-hybridized carbons (Fsp3) is 0.176. The van der Waals surface area contributed by atoms with Gasteiger partial charge in [0.15, 0.2) is 11.7 Å². The van der Waals surface area contributed by atoms with Crippen molar-refractivity contribution in [2.45, 2.75) is 13.8 Å². The van der Waals surface area contributed by atoms with Gasteiger partial charge in [0.1, 0.15) is 11.3 Å². The van der Waals surface area contributed by atoms with Crippen LogP contribution in [0.15, 0.2) is 24.3 Å². The number of hydrogen-bond donors (Lipinski definition) is 3. The number of carbonyl (C=O) groups excluding carboxylic acids is 1. The number of aromatic nitrogens is 1. The Balaban J connectivity index is 1.71. The molecule has 0 unspecified atom stereocenters. The Labute approximate surface area is 164 Å². The molecule has 1 aromatic heterocycles. The van der Waals surface area contributed by atoms with Gasteiger partial charge in [-0.25, -0.2) is 10.8 Å². The number of benzene rings is 2. The molecule has 0 saturated heterocycles. The standard InChI is InChI=1S/C17H16Cl2N4O2S/c1-8-3-9(2)16(12(19)4-8)25-7-14(24)21-10-5-11(18)15-13(6-10)26-17(22-15)23-20/h3-6H,7,20H2,1-2H3,(H,21,24)(H,22,23). The number of halogens is 2. The van der Waals surface area contributed by atoms with Gasteiger partial charge in [0.2, 0.25) is 0 Å². The van der Waals surface area contributed by atoms with Crippen molar-refractivity contribution in [2.24, 2.45) is 5.84 Å². The highest BCUT2D eigenvalue weighted by molar-refractivity contribution is 7.22. The minimum atomic E-state index is -0.321. The lowest BCUT2D eigenvalue weighted by molar-refractivity contribution is -0.118. The summed E-state index contributed by atoms with van der Waals surface area (Å²) in [5, 5.41) is 4.20. The molecule has 0 fully saturated rings. The first-order valence-electron chi connectivity index (χ1n) is 7.63. The summed E-state index contributed by atoms with van der Waals surface area (Å²) in [6, 6.07) is 7.15. The van der Waals surface area contributed by atoms with E-state index in [2.05, 4.69) is 15.7 Å². The van der Waals surface area contributed by atoms with Crippen molar-refractivity contribution in [1.82, 2.24) is 4.98 Å². The Hall–Kier alpha value is -2.06. The highest BCUT2D eigenvalue weighted by Crippen LogP contribution is 2.34. The van der Waals surface area contributed by atoms with Gasteiger partial charge in [-0.1, -0.05) is 40.6 Å². The Kier molecular flexibility index (Phi) is 5.52. The molecule has 1 amide bonds. The van der Waals surface area contributed by atoms with E-state index in [1.807, 2.05) is 19.9 Å². The van der Waals surface area contributed by atoms with Crippen LogP contribution in [0, 0.1) is 13.8 Å². The summed E-state index contributed by atoms with van der Waals surface area (Å²) in [5.74, 6) is 5.55. The Bertz CT molecular complexity index is 967. The van der Waals surface area contributed by atoms with Gasteiger partial charge in [-0.05, 0) is 43.2 Å². The summed E-state index contributed by atoms with van der Waals surface area (Å²) >= 11 is 13.7. The van der Waals surface area contributed by atoms with E-state index in [1.165, 1.54) is 11.3 Å². The molecule has 2 aromatic carbocycles. The Morgan fingerprint density at radius 1 is 1.23 bits per heavy atom. The maximum Gasteiger partial charge on any atom is 0.262 e. The van der Waals surface area contributed by atoms with Crippen LogP contribution < -0.4 is 21.3 Å². The number of carbonyl (C=O) groups is 1. The minimum absolute atomic E-state index is 0.169. The second-order valence-corrected chi connectivity index (χ2v) is 7.54. The van der Waals surface area contributed by atoms with Crippen molar-refractivity contribution in [3.63, 3.8) is 0 Å². The largest absolute Gasteiger partial charge is 0.482 e. The number of ether oxygens (including phenoxy) is 1. The Morgan fingerprint density at radius 3 is 2.69 bits per heavy atom. The molecule has 0 spiro atoms. The maximum absolute atomic E-state index is 12.2. The van der Waals surface area contributed by atoms with Gasteiger partial charge in [0.05, 0.1) is 14.7 Å². The zero-order valence-corrected chi connectivity index (χ0v) is 16.4. The normalized spacial score (nSPS) is 10.8. The second-order valence-electron chi connectivity index (χ2n) is 5.70. The third kappa shape index (κ3) is 4.02. The van der Waals surface area contributed by atoms with E-state index >= 15 is 0 Å². The van der Waals surface area contributed by atoms with E-state index in [0.29, 0.717) is 32.1 Å². The summed E-state index contributed by atoms with van der Waals surface area (Å²) in [4.78, 5) is 16.5. The molecule has 4 N–H and O–H groups in total.